The van der Waals surface area contributed by atoms with Gasteiger partial charge in [-0.15, -0.1) is 0 Å². The highest BCUT2D eigenvalue weighted by molar-refractivity contribution is 7.02. The van der Waals surface area contributed by atoms with E-state index in [1.807, 2.05) is 0 Å². The third kappa shape index (κ3) is 4.76. The fourth-order valence-electron chi connectivity index (χ4n) is 13.5. The second kappa shape index (κ2) is 12.4. The van der Waals surface area contributed by atoms with Crippen molar-refractivity contribution in [2.45, 2.75) is 78.6 Å². The summed E-state index contributed by atoms with van der Waals surface area (Å²) in [7, 11) is 0. The van der Waals surface area contributed by atoms with Crippen LogP contribution in [0.4, 0.5) is 0 Å². The monoisotopic (exact) mass is 865 g/mol. The number of fused-ring (bicyclic) bond motifs is 19. The van der Waals surface area contributed by atoms with Crippen molar-refractivity contribution in [1.29, 1.82) is 0 Å². The average molecular weight is 866 g/mol. The number of aromatic nitrogens is 5. The first kappa shape index (κ1) is 38.0. The van der Waals surface area contributed by atoms with Crippen LogP contribution >= 0.6 is 0 Å². The molecule has 324 valence electrons. The summed E-state index contributed by atoms with van der Waals surface area (Å²) >= 11 is 0. The first-order valence-corrected chi connectivity index (χ1v) is 24.4. The molecule has 0 radical (unpaired) electrons. The van der Waals surface area contributed by atoms with Crippen molar-refractivity contribution in [1.82, 2.24) is 22.5 Å². The van der Waals surface area contributed by atoms with Crippen LogP contribution in [-0.4, -0.2) is 29.2 Å². The second-order valence-electron chi connectivity index (χ2n) is 22.7. The van der Waals surface area contributed by atoms with Crippen LogP contribution in [0.3, 0.4) is 0 Å². The lowest BCUT2D eigenvalue weighted by molar-refractivity contribution is 0.315. The predicted molar refractivity (Wildman–Crippen MR) is 282 cm³/mol. The molecule has 6 heteroatoms. The summed E-state index contributed by atoms with van der Waals surface area (Å²) < 4.78 is 13.4. The quantitative estimate of drug-likeness (QED) is 0.158. The first-order chi connectivity index (χ1) is 32.4. The summed E-state index contributed by atoms with van der Waals surface area (Å²) in [5.74, 6) is 0. The largest absolute Gasteiger partial charge is 0.298 e. The van der Waals surface area contributed by atoms with Crippen LogP contribution in [0.5, 0.6) is 0 Å². The molecular formula is C61H52BN5. The van der Waals surface area contributed by atoms with Crippen LogP contribution in [-0.2, 0) is 17.3 Å². The minimum Gasteiger partial charge on any atom is -0.298 e. The van der Waals surface area contributed by atoms with E-state index >= 15 is 0 Å². The van der Waals surface area contributed by atoms with E-state index in [2.05, 4.69) is 223 Å². The summed E-state index contributed by atoms with van der Waals surface area (Å²) in [6.07, 6.45) is 3.32. The Morgan fingerprint density at radius 2 is 1.12 bits per heavy atom. The SMILES string of the molecule is CC(C)(C)Cc1ccc2c3c4n(c5c(n4c2c1)C(C)(C)CCC5(C)C)-c1cccc2c1B3c1c3cc4ccccc4cc3n3c1n-2c1c2ccccc2n(-c2cccc(-c4ccccc4)c2)c13. The number of hydrogen-bond donors (Lipinski definition) is 0. The van der Waals surface area contributed by atoms with Crippen molar-refractivity contribution in [2.24, 2.45) is 5.41 Å². The van der Waals surface area contributed by atoms with E-state index < -0.39 is 0 Å². The number of hydrogen-bond acceptors (Lipinski definition) is 0. The lowest BCUT2D eigenvalue weighted by Gasteiger charge is -2.41. The van der Waals surface area contributed by atoms with E-state index in [1.54, 1.807) is 0 Å². The molecule has 0 saturated carbocycles. The Hall–Kier alpha value is -7.18. The molecule has 5 nitrogen and oxygen atoms in total. The van der Waals surface area contributed by atoms with Gasteiger partial charge in [-0.05, 0) is 128 Å². The third-order valence-corrected chi connectivity index (χ3v) is 16.3. The standard InChI is InChI=1S/C61H52BN5/c1-59(2,3)35-36-27-28-42-48(31-36)66-55-54(60(4,5)29-30-61(55,6)7)65-47-26-16-25-46-52(47)62(50(42)57(65)66)51-44-33-39-19-11-12-20-40(39)34-49(44)67-56(51)64(46)53-43-23-13-14-24-45(43)63(58(53)67)41-22-15-21-38(32-41)37-17-9-8-10-18-37/h8-28,31-34H,29-30,35H2,1-7H3. The maximum Gasteiger partial charge on any atom is 0.258 e. The number of imidazole rings is 2. The zero-order valence-corrected chi connectivity index (χ0v) is 39.4. The van der Waals surface area contributed by atoms with Crippen molar-refractivity contribution in [2.75, 3.05) is 0 Å². The lowest BCUT2D eigenvalue weighted by Crippen LogP contribution is -2.59. The maximum absolute atomic E-state index is 2.76. The van der Waals surface area contributed by atoms with Gasteiger partial charge < -0.3 is 0 Å². The molecule has 7 heterocycles. The van der Waals surface area contributed by atoms with Gasteiger partial charge in [0.25, 0.3) is 6.71 Å². The topological polar surface area (TPSA) is 23.6 Å². The second-order valence-corrected chi connectivity index (χ2v) is 22.7. The molecule has 67 heavy (non-hydrogen) atoms. The Bertz CT molecular complexity index is 4170. The molecule has 7 aromatic carbocycles. The highest BCUT2D eigenvalue weighted by Gasteiger charge is 2.50. The van der Waals surface area contributed by atoms with Gasteiger partial charge in [-0.3, -0.25) is 22.5 Å². The molecular weight excluding hydrogens is 814 g/mol. The maximum atomic E-state index is 2.76. The molecule has 5 aromatic heterocycles. The molecule has 0 bridgehead atoms. The molecule has 0 spiro atoms. The molecule has 0 amide bonds. The van der Waals surface area contributed by atoms with Crippen LogP contribution in [0.1, 0.15) is 78.3 Å². The number of benzene rings is 7. The van der Waals surface area contributed by atoms with Gasteiger partial charge in [-0.2, -0.15) is 0 Å². The number of para-hydroxylation sites is 1. The molecule has 0 unspecified atom stereocenters. The Morgan fingerprint density at radius 3 is 1.91 bits per heavy atom. The van der Waals surface area contributed by atoms with Crippen molar-refractivity contribution < 1.29 is 0 Å². The van der Waals surface area contributed by atoms with Gasteiger partial charge in [-0.1, -0.05) is 152 Å². The van der Waals surface area contributed by atoms with Crippen LogP contribution in [0.2, 0.25) is 0 Å². The summed E-state index contributed by atoms with van der Waals surface area (Å²) in [6, 6.07) is 57.7. The van der Waals surface area contributed by atoms with Gasteiger partial charge in [0, 0.05) is 33.3 Å². The third-order valence-electron chi connectivity index (χ3n) is 16.3. The fourth-order valence-corrected chi connectivity index (χ4v) is 13.5. The number of nitrogens with zero attached hydrogens (tertiary/aromatic N) is 5. The van der Waals surface area contributed by atoms with E-state index in [-0.39, 0.29) is 23.0 Å². The van der Waals surface area contributed by atoms with Gasteiger partial charge >= 0.3 is 0 Å². The highest BCUT2D eigenvalue weighted by Crippen LogP contribution is 2.51. The van der Waals surface area contributed by atoms with E-state index in [9.17, 15) is 0 Å². The normalized spacial score (nSPS) is 15.8. The van der Waals surface area contributed by atoms with Gasteiger partial charge in [0.2, 0.25) is 0 Å². The Balaban J connectivity index is 1.16. The molecule has 0 N–H and O–H groups in total. The summed E-state index contributed by atoms with van der Waals surface area (Å²) in [6.45, 7) is 17.1. The fraction of sp³-hybridized carbons (Fsp3) is 0.213. The Kier molecular flexibility index (Phi) is 7.04. The van der Waals surface area contributed by atoms with E-state index in [4.69, 9.17) is 0 Å². The average Bonchev–Trinajstić information content (AvgIpc) is 4.11. The zero-order valence-electron chi connectivity index (χ0n) is 39.4. The molecule has 3 aliphatic rings. The van der Waals surface area contributed by atoms with Gasteiger partial charge in [-0.25, -0.2) is 0 Å². The Morgan fingerprint density at radius 1 is 0.478 bits per heavy atom. The minimum atomic E-state index is -0.0245. The molecule has 1 aliphatic carbocycles. The summed E-state index contributed by atoms with van der Waals surface area (Å²) in [5, 5.41) is 6.48. The van der Waals surface area contributed by atoms with Gasteiger partial charge in [0.15, 0.2) is 0 Å². The molecule has 0 fully saturated rings. The van der Waals surface area contributed by atoms with Crippen molar-refractivity contribution >= 4 is 89.0 Å². The first-order valence-electron chi connectivity index (χ1n) is 24.4. The highest BCUT2D eigenvalue weighted by atomic mass is 15.2. The van der Waals surface area contributed by atoms with Gasteiger partial charge in [0.05, 0.1) is 33.5 Å². The van der Waals surface area contributed by atoms with Crippen molar-refractivity contribution in [3.05, 3.63) is 169 Å². The molecule has 15 rings (SSSR count). The molecule has 12 aromatic rings. The van der Waals surface area contributed by atoms with Gasteiger partial charge in [0.1, 0.15) is 16.9 Å². The summed E-state index contributed by atoms with van der Waals surface area (Å²) in [5.41, 5.74) is 23.8. The van der Waals surface area contributed by atoms with Crippen LogP contribution in [0.15, 0.2) is 152 Å². The Labute approximate surface area is 390 Å². The van der Waals surface area contributed by atoms with Crippen molar-refractivity contribution in [3.63, 3.8) is 0 Å². The van der Waals surface area contributed by atoms with E-state index in [0.29, 0.717) is 0 Å². The molecule has 0 saturated heterocycles. The molecule has 2 aliphatic heterocycles. The predicted octanol–water partition coefficient (Wildman–Crippen LogP) is 13.1. The van der Waals surface area contributed by atoms with Crippen LogP contribution in [0, 0.1) is 5.41 Å². The summed E-state index contributed by atoms with van der Waals surface area (Å²) in [4.78, 5) is 0. The lowest BCUT2D eigenvalue weighted by atomic mass is 9.34. The minimum absolute atomic E-state index is 0.00327. The molecule has 0 atom stereocenters. The van der Waals surface area contributed by atoms with Crippen molar-refractivity contribution in [3.8, 4) is 28.2 Å². The zero-order chi connectivity index (χ0) is 45.0. The number of rotatable bonds is 3. The smallest absolute Gasteiger partial charge is 0.258 e. The van der Waals surface area contributed by atoms with E-state index in [1.165, 1.54) is 122 Å². The van der Waals surface area contributed by atoms with E-state index in [0.717, 1.165) is 24.9 Å². The van der Waals surface area contributed by atoms with Crippen LogP contribution in [0.25, 0.3) is 94.1 Å². The van der Waals surface area contributed by atoms with Crippen LogP contribution < -0.4 is 16.4 Å².